The average Bonchev–Trinajstić information content (AvgIpc) is 2.73. The predicted octanol–water partition coefficient (Wildman–Crippen LogP) is 6.41. The van der Waals surface area contributed by atoms with Crippen LogP contribution in [0.3, 0.4) is 0 Å². The lowest BCUT2D eigenvalue weighted by atomic mass is 10.1. The van der Waals surface area contributed by atoms with Gasteiger partial charge in [0.25, 0.3) is 5.91 Å². The van der Waals surface area contributed by atoms with E-state index in [1.807, 2.05) is 24.3 Å². The predicted molar refractivity (Wildman–Crippen MR) is 130 cm³/mol. The second-order valence-corrected chi connectivity index (χ2v) is 9.04. The number of benzene rings is 3. The largest absolute Gasteiger partial charge is 0.487 e. The van der Waals surface area contributed by atoms with Gasteiger partial charge in [0.1, 0.15) is 18.1 Å². The van der Waals surface area contributed by atoms with Crippen LogP contribution in [0, 0.1) is 0 Å². The molecule has 0 aliphatic rings. The van der Waals surface area contributed by atoms with Crippen LogP contribution in [0.1, 0.15) is 21.5 Å². The summed E-state index contributed by atoms with van der Waals surface area (Å²) in [5, 5.41) is 12.0. The van der Waals surface area contributed by atoms with Crippen LogP contribution < -0.4 is 10.1 Å². The van der Waals surface area contributed by atoms with Crippen LogP contribution in [0.2, 0.25) is 0 Å². The van der Waals surface area contributed by atoms with Crippen molar-refractivity contribution < 1.29 is 19.4 Å². The highest BCUT2D eigenvalue weighted by Crippen LogP contribution is 2.36. The highest BCUT2D eigenvalue weighted by atomic mass is 79.9. The van der Waals surface area contributed by atoms with E-state index in [-0.39, 0.29) is 5.70 Å². The molecule has 0 atom stereocenters. The number of nitrogens with one attached hydrogen (secondary N) is 1. The molecular formula is C23H16Br3NO4. The maximum Gasteiger partial charge on any atom is 0.352 e. The summed E-state index contributed by atoms with van der Waals surface area (Å²) < 4.78 is 8.16. The van der Waals surface area contributed by atoms with E-state index in [4.69, 9.17) is 4.74 Å². The van der Waals surface area contributed by atoms with Gasteiger partial charge in [0.05, 0.1) is 8.95 Å². The number of carboxylic acid groups (broad SMARTS) is 1. The van der Waals surface area contributed by atoms with E-state index in [1.165, 1.54) is 6.08 Å². The number of rotatable bonds is 7. The number of carbonyl (C=O) groups is 2. The zero-order chi connectivity index (χ0) is 22.4. The fourth-order valence-corrected chi connectivity index (χ4v) is 4.58. The van der Waals surface area contributed by atoms with E-state index in [1.54, 1.807) is 42.5 Å². The number of ether oxygens (including phenoxy) is 1. The molecule has 0 aliphatic heterocycles. The number of halogens is 3. The Labute approximate surface area is 204 Å². The normalized spacial score (nSPS) is 11.1. The molecular weight excluding hydrogens is 594 g/mol. The van der Waals surface area contributed by atoms with Crippen LogP contribution in [0.4, 0.5) is 0 Å². The Balaban J connectivity index is 1.80. The van der Waals surface area contributed by atoms with E-state index >= 15 is 0 Å². The minimum absolute atomic E-state index is 0.240. The highest BCUT2D eigenvalue weighted by Gasteiger charge is 2.15. The maximum atomic E-state index is 12.3. The molecule has 3 rings (SSSR count). The fraction of sp³-hybridized carbons (Fsp3) is 0.0435. The topological polar surface area (TPSA) is 75.6 Å². The van der Waals surface area contributed by atoms with Crippen LogP contribution >= 0.6 is 47.8 Å². The lowest BCUT2D eigenvalue weighted by Gasteiger charge is -2.12. The van der Waals surface area contributed by atoms with Crippen LogP contribution in [-0.4, -0.2) is 17.0 Å². The van der Waals surface area contributed by atoms with Gasteiger partial charge in [-0.25, -0.2) is 4.79 Å². The maximum absolute atomic E-state index is 12.3. The molecule has 0 unspecified atom stereocenters. The number of carbonyl (C=O) groups excluding carboxylic acids is 1. The van der Waals surface area contributed by atoms with Gasteiger partial charge in [-0.3, -0.25) is 4.79 Å². The first-order valence-electron chi connectivity index (χ1n) is 9.01. The molecule has 0 aromatic heterocycles. The number of carboxylic acids is 1. The Morgan fingerprint density at radius 2 is 1.61 bits per heavy atom. The smallest absolute Gasteiger partial charge is 0.352 e. The number of hydrogen-bond acceptors (Lipinski definition) is 3. The van der Waals surface area contributed by atoms with E-state index < -0.39 is 11.9 Å². The van der Waals surface area contributed by atoms with Crippen molar-refractivity contribution in [3.05, 3.63) is 103 Å². The molecule has 0 aliphatic carbocycles. The van der Waals surface area contributed by atoms with Crippen molar-refractivity contribution in [2.45, 2.75) is 6.61 Å². The van der Waals surface area contributed by atoms with Crippen molar-refractivity contribution in [2.75, 3.05) is 0 Å². The molecule has 3 aromatic rings. The van der Waals surface area contributed by atoms with E-state index in [0.717, 1.165) is 10.0 Å². The molecule has 31 heavy (non-hydrogen) atoms. The first-order chi connectivity index (χ1) is 14.8. The van der Waals surface area contributed by atoms with E-state index in [0.29, 0.717) is 32.4 Å². The minimum atomic E-state index is -1.24. The number of hydrogen-bond donors (Lipinski definition) is 2. The van der Waals surface area contributed by atoms with Crippen molar-refractivity contribution in [3.63, 3.8) is 0 Å². The molecule has 158 valence electrons. The summed E-state index contributed by atoms with van der Waals surface area (Å²) in [6, 6.07) is 19.6. The lowest BCUT2D eigenvalue weighted by Crippen LogP contribution is -2.27. The summed E-state index contributed by atoms with van der Waals surface area (Å²) >= 11 is 10.4. The Kier molecular flexibility index (Phi) is 8.06. The summed E-state index contributed by atoms with van der Waals surface area (Å²) in [5.41, 5.74) is 1.69. The first kappa shape index (κ1) is 23.2. The molecule has 0 heterocycles. The third kappa shape index (κ3) is 6.53. The highest BCUT2D eigenvalue weighted by molar-refractivity contribution is 9.11. The quantitative estimate of drug-likeness (QED) is 0.304. The summed E-state index contributed by atoms with van der Waals surface area (Å²) in [7, 11) is 0. The molecule has 2 N–H and O–H groups in total. The van der Waals surface area contributed by atoms with E-state index in [2.05, 4.69) is 53.1 Å². The molecule has 0 radical (unpaired) electrons. The monoisotopic (exact) mass is 607 g/mol. The van der Waals surface area contributed by atoms with Gasteiger partial charge in [-0.15, -0.1) is 0 Å². The summed E-state index contributed by atoms with van der Waals surface area (Å²) in [6.45, 7) is 0.360. The van der Waals surface area contributed by atoms with Gasteiger partial charge >= 0.3 is 5.97 Å². The zero-order valence-corrected chi connectivity index (χ0v) is 20.7. The number of aliphatic carboxylic acids is 1. The molecule has 0 spiro atoms. The third-order valence-electron chi connectivity index (χ3n) is 4.12. The van der Waals surface area contributed by atoms with Gasteiger partial charge in [-0.1, -0.05) is 46.3 Å². The second-order valence-electron chi connectivity index (χ2n) is 6.42. The Hall–Kier alpha value is -2.42. The van der Waals surface area contributed by atoms with Crippen LogP contribution in [0.5, 0.6) is 5.75 Å². The van der Waals surface area contributed by atoms with Crippen LogP contribution in [0.15, 0.2) is 85.8 Å². The Bertz CT molecular complexity index is 1120. The second kappa shape index (κ2) is 10.7. The van der Waals surface area contributed by atoms with Crippen molar-refractivity contribution >= 4 is 65.7 Å². The standard InChI is InChI=1S/C23H16Br3NO4/c24-17-8-4-5-14(9-17)13-31-21-18(25)10-15(11-19(21)26)12-20(23(29)30)27-22(28)16-6-2-1-3-7-16/h1-12H,13H2,(H,27,28)(H,29,30). The number of amides is 1. The van der Waals surface area contributed by atoms with Crippen LogP contribution in [-0.2, 0) is 11.4 Å². The van der Waals surface area contributed by atoms with Crippen molar-refractivity contribution in [3.8, 4) is 5.75 Å². The zero-order valence-electron chi connectivity index (χ0n) is 15.9. The minimum Gasteiger partial charge on any atom is -0.487 e. The summed E-state index contributed by atoms with van der Waals surface area (Å²) in [6.07, 6.45) is 1.39. The Morgan fingerprint density at radius 1 is 0.935 bits per heavy atom. The van der Waals surface area contributed by atoms with Crippen molar-refractivity contribution in [2.24, 2.45) is 0 Å². The molecule has 0 saturated heterocycles. The summed E-state index contributed by atoms with van der Waals surface area (Å²) in [4.78, 5) is 24.0. The average molecular weight is 610 g/mol. The molecule has 5 nitrogen and oxygen atoms in total. The van der Waals surface area contributed by atoms with Crippen molar-refractivity contribution in [1.82, 2.24) is 5.32 Å². The van der Waals surface area contributed by atoms with Gasteiger partial charge in [0.2, 0.25) is 0 Å². The molecule has 8 heteroatoms. The van der Waals surface area contributed by atoms with Gasteiger partial charge in [0.15, 0.2) is 0 Å². The molecule has 3 aromatic carbocycles. The lowest BCUT2D eigenvalue weighted by molar-refractivity contribution is -0.132. The SMILES string of the molecule is O=C(O)C(=Cc1cc(Br)c(OCc2cccc(Br)c2)c(Br)c1)NC(=O)c1ccccc1. The van der Waals surface area contributed by atoms with Crippen molar-refractivity contribution in [1.29, 1.82) is 0 Å². The molecule has 0 fully saturated rings. The van der Waals surface area contributed by atoms with Crippen LogP contribution in [0.25, 0.3) is 6.08 Å². The van der Waals surface area contributed by atoms with Gasteiger partial charge in [-0.05, 0) is 85.5 Å². The molecule has 1 amide bonds. The van der Waals surface area contributed by atoms with Gasteiger partial charge < -0.3 is 15.2 Å². The van der Waals surface area contributed by atoms with Gasteiger partial charge in [-0.2, -0.15) is 0 Å². The first-order valence-corrected chi connectivity index (χ1v) is 11.4. The molecule has 0 bridgehead atoms. The fourth-order valence-electron chi connectivity index (χ4n) is 2.68. The third-order valence-corrected chi connectivity index (χ3v) is 5.79. The molecule has 0 saturated carbocycles. The van der Waals surface area contributed by atoms with Gasteiger partial charge in [0, 0.05) is 10.0 Å². The Morgan fingerprint density at radius 3 is 2.23 bits per heavy atom. The summed E-state index contributed by atoms with van der Waals surface area (Å²) in [5.74, 6) is -1.16. The van der Waals surface area contributed by atoms with E-state index in [9.17, 15) is 14.7 Å².